The zero-order valence-corrected chi connectivity index (χ0v) is 14.3. The number of para-hydroxylation sites is 2. The van der Waals surface area contributed by atoms with E-state index in [0.29, 0.717) is 45.6 Å². The first-order valence-corrected chi connectivity index (χ1v) is 8.70. The Bertz CT molecular complexity index is 704. The summed E-state index contributed by atoms with van der Waals surface area (Å²) in [5.41, 5.74) is 7.56. The molecular weight excluding hydrogens is 304 g/mol. The van der Waals surface area contributed by atoms with E-state index in [9.17, 15) is 4.79 Å². The lowest BCUT2D eigenvalue weighted by Gasteiger charge is -2.34. The van der Waals surface area contributed by atoms with Crippen LogP contribution >= 0.6 is 0 Å². The van der Waals surface area contributed by atoms with Crippen molar-refractivity contribution in [2.75, 3.05) is 26.3 Å². The van der Waals surface area contributed by atoms with E-state index in [1.165, 1.54) is 0 Å². The Balaban J connectivity index is 1.65. The molecule has 3 rings (SSSR count). The molecule has 0 radical (unpaired) electrons. The molecule has 1 aliphatic heterocycles. The van der Waals surface area contributed by atoms with Gasteiger partial charge in [-0.15, -0.1) is 0 Å². The maximum atomic E-state index is 12.6. The number of hydrogen-bond acceptors (Lipinski definition) is 4. The molecule has 1 fully saturated rings. The molecule has 1 aliphatic rings. The number of imidazole rings is 1. The lowest BCUT2D eigenvalue weighted by molar-refractivity contribution is -0.135. The number of rotatable bonds is 6. The molecule has 2 aromatic rings. The van der Waals surface area contributed by atoms with Gasteiger partial charge in [-0.25, -0.2) is 4.98 Å². The molecule has 6 nitrogen and oxygen atoms in total. The van der Waals surface area contributed by atoms with Gasteiger partial charge in [-0.1, -0.05) is 12.1 Å². The number of carbonyl (C=O) groups excluding carboxylic acids is 1. The molecule has 1 aromatic heterocycles. The van der Waals surface area contributed by atoms with E-state index in [1.54, 1.807) is 0 Å². The largest absolute Gasteiger partial charge is 0.381 e. The van der Waals surface area contributed by atoms with Crippen LogP contribution in [0.15, 0.2) is 24.3 Å². The minimum Gasteiger partial charge on any atom is -0.381 e. The van der Waals surface area contributed by atoms with E-state index in [0.717, 1.165) is 23.4 Å². The molecule has 6 heteroatoms. The van der Waals surface area contributed by atoms with Gasteiger partial charge >= 0.3 is 0 Å². The Morgan fingerprint density at radius 2 is 2.12 bits per heavy atom. The summed E-state index contributed by atoms with van der Waals surface area (Å²) in [4.78, 5) is 17.3. The Morgan fingerprint density at radius 1 is 1.38 bits per heavy atom. The van der Waals surface area contributed by atoms with Crippen molar-refractivity contribution in [3.63, 3.8) is 0 Å². The number of benzene rings is 1. The second kappa shape index (κ2) is 7.32. The second-order valence-electron chi connectivity index (χ2n) is 6.36. The number of aryl methyl sites for hydroxylation is 1. The number of nitrogens with one attached hydrogen (secondary N) is 1. The van der Waals surface area contributed by atoms with Gasteiger partial charge in [0.25, 0.3) is 0 Å². The summed E-state index contributed by atoms with van der Waals surface area (Å²) < 4.78 is 7.57. The van der Waals surface area contributed by atoms with Gasteiger partial charge < -0.3 is 20.4 Å². The average Bonchev–Trinajstić information content (AvgIpc) is 2.99. The highest BCUT2D eigenvalue weighted by molar-refractivity contribution is 5.83. The van der Waals surface area contributed by atoms with Crippen molar-refractivity contribution in [1.29, 1.82) is 0 Å². The number of ether oxygens (including phenoxy) is 1. The number of nitrogens with two attached hydrogens (primary N) is 1. The normalized spacial score (nSPS) is 17.1. The molecule has 130 valence electrons. The first-order chi connectivity index (χ1) is 11.7. The monoisotopic (exact) mass is 330 g/mol. The summed E-state index contributed by atoms with van der Waals surface area (Å²) in [5.74, 6) is 1.06. The SMILES string of the molecule is CCn1c(CCNC(=O)C2(CN)CCOCC2)nc2ccccc21. The summed E-state index contributed by atoms with van der Waals surface area (Å²) in [6.45, 7) is 5.14. The highest BCUT2D eigenvalue weighted by Crippen LogP contribution is 2.29. The predicted molar refractivity (Wildman–Crippen MR) is 93.7 cm³/mol. The number of hydrogen-bond donors (Lipinski definition) is 2. The van der Waals surface area contributed by atoms with Gasteiger partial charge in [-0.2, -0.15) is 0 Å². The van der Waals surface area contributed by atoms with E-state index in [1.807, 2.05) is 18.2 Å². The van der Waals surface area contributed by atoms with Crippen LogP contribution < -0.4 is 11.1 Å². The molecule has 2 heterocycles. The van der Waals surface area contributed by atoms with Crippen molar-refractivity contribution < 1.29 is 9.53 Å². The van der Waals surface area contributed by atoms with Crippen molar-refractivity contribution >= 4 is 16.9 Å². The summed E-state index contributed by atoms with van der Waals surface area (Å²) in [5, 5.41) is 3.06. The Morgan fingerprint density at radius 3 is 2.83 bits per heavy atom. The topological polar surface area (TPSA) is 82.2 Å². The quantitative estimate of drug-likeness (QED) is 0.840. The zero-order valence-electron chi connectivity index (χ0n) is 14.3. The number of nitrogens with zero attached hydrogens (tertiary/aromatic N) is 2. The summed E-state index contributed by atoms with van der Waals surface area (Å²) >= 11 is 0. The van der Waals surface area contributed by atoms with Gasteiger partial charge in [0.15, 0.2) is 0 Å². The standard InChI is InChI=1S/C18H26N4O2/c1-2-22-15-6-4-3-5-14(15)21-16(22)7-10-20-17(23)18(13-19)8-11-24-12-9-18/h3-6H,2,7-13,19H2,1H3,(H,20,23). The zero-order chi connectivity index (χ0) is 17.0. The smallest absolute Gasteiger partial charge is 0.227 e. The minimum absolute atomic E-state index is 0.0486. The van der Waals surface area contributed by atoms with Crippen LogP contribution in [0.3, 0.4) is 0 Å². The number of amides is 1. The third-order valence-electron chi connectivity index (χ3n) is 5.01. The van der Waals surface area contributed by atoms with Gasteiger partial charge in [0, 0.05) is 39.3 Å². The Labute approximate surface area is 142 Å². The molecule has 0 saturated carbocycles. The molecule has 0 atom stereocenters. The molecule has 24 heavy (non-hydrogen) atoms. The van der Waals surface area contributed by atoms with Crippen LogP contribution in [0.5, 0.6) is 0 Å². The molecule has 0 aliphatic carbocycles. The van der Waals surface area contributed by atoms with Crippen LogP contribution in [0.2, 0.25) is 0 Å². The molecule has 0 bridgehead atoms. The third kappa shape index (κ3) is 3.16. The second-order valence-corrected chi connectivity index (χ2v) is 6.36. The predicted octanol–water partition coefficient (Wildman–Crippen LogP) is 1.47. The van der Waals surface area contributed by atoms with Crippen LogP contribution in [0.1, 0.15) is 25.6 Å². The molecule has 1 saturated heterocycles. The van der Waals surface area contributed by atoms with Gasteiger partial charge in [0.2, 0.25) is 5.91 Å². The fourth-order valence-electron chi connectivity index (χ4n) is 3.43. The fraction of sp³-hybridized carbons (Fsp3) is 0.556. The van der Waals surface area contributed by atoms with E-state index >= 15 is 0 Å². The lowest BCUT2D eigenvalue weighted by atomic mass is 9.79. The number of fused-ring (bicyclic) bond motifs is 1. The van der Waals surface area contributed by atoms with Crippen molar-refractivity contribution in [3.05, 3.63) is 30.1 Å². The first-order valence-electron chi connectivity index (χ1n) is 8.70. The van der Waals surface area contributed by atoms with Crippen LogP contribution in [-0.4, -0.2) is 41.8 Å². The van der Waals surface area contributed by atoms with Crippen molar-refractivity contribution in [1.82, 2.24) is 14.9 Å². The number of carbonyl (C=O) groups is 1. The molecule has 1 aromatic carbocycles. The van der Waals surface area contributed by atoms with Gasteiger partial charge in [0.1, 0.15) is 5.82 Å². The lowest BCUT2D eigenvalue weighted by Crippen LogP contribution is -2.49. The molecule has 3 N–H and O–H groups in total. The maximum absolute atomic E-state index is 12.6. The highest BCUT2D eigenvalue weighted by Gasteiger charge is 2.38. The van der Waals surface area contributed by atoms with Crippen LogP contribution in [0.4, 0.5) is 0 Å². The molecule has 0 spiro atoms. The van der Waals surface area contributed by atoms with Gasteiger partial charge in [-0.05, 0) is 31.9 Å². The Kier molecular flexibility index (Phi) is 5.16. The van der Waals surface area contributed by atoms with Crippen LogP contribution in [0.25, 0.3) is 11.0 Å². The minimum atomic E-state index is -0.469. The van der Waals surface area contributed by atoms with Crippen molar-refractivity contribution in [2.24, 2.45) is 11.1 Å². The average molecular weight is 330 g/mol. The van der Waals surface area contributed by atoms with E-state index < -0.39 is 5.41 Å². The summed E-state index contributed by atoms with van der Waals surface area (Å²) in [6, 6.07) is 8.13. The fourth-order valence-corrected chi connectivity index (χ4v) is 3.43. The van der Waals surface area contributed by atoms with Gasteiger partial charge in [0.05, 0.1) is 16.4 Å². The van der Waals surface area contributed by atoms with Crippen molar-refractivity contribution in [3.8, 4) is 0 Å². The van der Waals surface area contributed by atoms with E-state index in [4.69, 9.17) is 15.5 Å². The maximum Gasteiger partial charge on any atom is 0.227 e. The van der Waals surface area contributed by atoms with Gasteiger partial charge in [-0.3, -0.25) is 4.79 Å². The first kappa shape index (κ1) is 16.9. The highest BCUT2D eigenvalue weighted by atomic mass is 16.5. The summed E-state index contributed by atoms with van der Waals surface area (Å²) in [6.07, 6.45) is 2.11. The van der Waals surface area contributed by atoms with E-state index in [-0.39, 0.29) is 5.91 Å². The molecular formula is C18H26N4O2. The van der Waals surface area contributed by atoms with Crippen molar-refractivity contribution in [2.45, 2.75) is 32.7 Å². The summed E-state index contributed by atoms with van der Waals surface area (Å²) in [7, 11) is 0. The van der Waals surface area contributed by atoms with Crippen LogP contribution in [-0.2, 0) is 22.5 Å². The number of aromatic nitrogens is 2. The Hall–Kier alpha value is -1.92. The molecule has 0 unspecified atom stereocenters. The third-order valence-corrected chi connectivity index (χ3v) is 5.01. The van der Waals surface area contributed by atoms with E-state index in [2.05, 4.69) is 22.9 Å². The van der Waals surface area contributed by atoms with Crippen LogP contribution in [0, 0.1) is 5.41 Å². The molecule has 1 amide bonds.